The van der Waals surface area contributed by atoms with Crippen molar-refractivity contribution in [3.05, 3.63) is 58.5 Å². The predicted octanol–water partition coefficient (Wildman–Crippen LogP) is 2.80. The van der Waals surface area contributed by atoms with Crippen LogP contribution in [-0.4, -0.2) is 86.7 Å². The van der Waals surface area contributed by atoms with Crippen molar-refractivity contribution in [3.63, 3.8) is 0 Å². The number of fused-ring (bicyclic) bond motifs is 1. The van der Waals surface area contributed by atoms with Gasteiger partial charge in [-0.25, -0.2) is 14.6 Å². The van der Waals surface area contributed by atoms with Crippen molar-refractivity contribution in [2.24, 2.45) is 10.6 Å². The van der Waals surface area contributed by atoms with Crippen LogP contribution in [0.25, 0.3) is 6.08 Å². The van der Waals surface area contributed by atoms with Crippen LogP contribution in [0.5, 0.6) is 0 Å². The summed E-state index contributed by atoms with van der Waals surface area (Å²) in [5.41, 5.74) is 6.54. The van der Waals surface area contributed by atoms with E-state index in [9.17, 15) is 24.4 Å². The number of hydrogen-bond acceptors (Lipinski definition) is 14. The number of hydrogen-bond donors (Lipinski definition) is 3. The molecule has 0 unspecified atom stereocenters. The van der Waals surface area contributed by atoms with Crippen LogP contribution in [0.3, 0.4) is 0 Å². The lowest BCUT2D eigenvalue weighted by molar-refractivity contribution is -0.153. The molecule has 0 spiro atoms. The molecule has 1 saturated heterocycles. The van der Waals surface area contributed by atoms with Crippen LogP contribution in [0, 0.1) is 5.41 Å². The van der Waals surface area contributed by atoms with Gasteiger partial charge >= 0.3 is 12.1 Å². The smallest absolute Gasteiger partial charge is 0.457 e. The lowest BCUT2D eigenvalue weighted by atomic mass is 9.93. The second kappa shape index (κ2) is 14.4. The fraction of sp³-hybridized carbons (Fsp3) is 0.393. The third kappa shape index (κ3) is 8.13. The average molecular weight is 645 g/mol. The summed E-state index contributed by atoms with van der Waals surface area (Å²) in [6.07, 6.45) is 6.50. The second-order valence-electron chi connectivity index (χ2n) is 10.8. The number of oxime groups is 1. The number of nitrogens with one attached hydrogen (secondary N) is 1. The van der Waals surface area contributed by atoms with Crippen molar-refractivity contribution in [3.8, 4) is 0 Å². The summed E-state index contributed by atoms with van der Waals surface area (Å²) in [5, 5.41) is 16.0. The van der Waals surface area contributed by atoms with Crippen LogP contribution in [-0.2, 0) is 28.6 Å². The summed E-state index contributed by atoms with van der Waals surface area (Å²) in [6, 6.07) is 2.58. The zero-order chi connectivity index (χ0) is 31.9. The highest BCUT2D eigenvalue weighted by Crippen LogP contribution is 2.41. The number of pyridine rings is 1. The number of carbonyl (C=O) groups excluding carboxylic acids is 4. The Balaban J connectivity index is 1.43. The topological polar surface area (TPSA) is 196 Å². The average Bonchev–Trinajstić information content (AvgIpc) is 3.42. The standard InChI is InChI=1S/C28H32N6O8S2/c1-28(2,3)8-10-41-27(38)42-12-11-40-25(37)21-17(7-6-16-5-4-9-30-13-16)14-43-24-20(23(36)34(21)24)32-22(35)19(33-39)18-15-44-26(29)31-18/h4-7,9,13,15,20,24,39H,8,10-12,14H2,1-3H3,(H2,29,31)(H,32,35)/b7-6-,33-19?/t20-,24+/m1/s1. The fourth-order valence-corrected chi connectivity index (χ4v) is 5.93. The Morgan fingerprint density at radius 2 is 1.95 bits per heavy atom. The summed E-state index contributed by atoms with van der Waals surface area (Å²) >= 11 is 2.38. The number of carbonyl (C=O) groups is 4. The maximum absolute atomic E-state index is 13.3. The molecule has 4 N–H and O–H groups in total. The first-order valence-electron chi connectivity index (χ1n) is 13.5. The molecule has 0 aromatic carbocycles. The Morgan fingerprint density at radius 3 is 2.61 bits per heavy atom. The van der Waals surface area contributed by atoms with Crippen LogP contribution < -0.4 is 11.1 Å². The highest BCUT2D eigenvalue weighted by molar-refractivity contribution is 8.00. The molecule has 0 bridgehead atoms. The zero-order valence-electron chi connectivity index (χ0n) is 24.2. The number of esters is 1. The number of nitrogens with two attached hydrogens (primary N) is 1. The van der Waals surface area contributed by atoms with E-state index >= 15 is 0 Å². The number of aromatic nitrogens is 2. The Bertz CT molecular complexity index is 1480. The van der Waals surface area contributed by atoms with E-state index in [1.54, 1.807) is 30.6 Å². The summed E-state index contributed by atoms with van der Waals surface area (Å²) < 4.78 is 15.4. The van der Waals surface area contributed by atoms with Gasteiger partial charge in [0.2, 0.25) is 0 Å². The van der Waals surface area contributed by atoms with Crippen molar-refractivity contribution in [1.29, 1.82) is 0 Å². The van der Waals surface area contributed by atoms with Gasteiger partial charge in [0.05, 0.1) is 6.61 Å². The first-order chi connectivity index (χ1) is 21.0. The van der Waals surface area contributed by atoms with E-state index in [0.717, 1.165) is 16.9 Å². The Hall–Kier alpha value is -4.44. The molecule has 2 aliphatic heterocycles. The van der Waals surface area contributed by atoms with Gasteiger partial charge < -0.3 is 30.5 Å². The molecule has 2 amide bonds. The minimum Gasteiger partial charge on any atom is -0.457 e. The molecule has 2 aliphatic rings. The van der Waals surface area contributed by atoms with Crippen molar-refractivity contribution in [1.82, 2.24) is 20.2 Å². The molecule has 2 aromatic rings. The van der Waals surface area contributed by atoms with E-state index in [0.29, 0.717) is 17.7 Å². The highest BCUT2D eigenvalue weighted by atomic mass is 32.2. The first kappa shape index (κ1) is 32.5. The van der Waals surface area contributed by atoms with Gasteiger partial charge in [-0.05, 0) is 29.0 Å². The van der Waals surface area contributed by atoms with E-state index in [1.807, 2.05) is 26.8 Å². The number of β-lactam (4-membered cyclic amide) rings is 1. The Kier molecular flexibility index (Phi) is 10.6. The van der Waals surface area contributed by atoms with Gasteiger partial charge in [0.1, 0.15) is 36.0 Å². The number of ether oxygens (including phenoxy) is 3. The molecule has 44 heavy (non-hydrogen) atoms. The number of thioether (sulfide) groups is 1. The molecule has 0 aliphatic carbocycles. The van der Waals surface area contributed by atoms with Crippen LogP contribution in [0.2, 0.25) is 0 Å². The second-order valence-corrected chi connectivity index (χ2v) is 12.8. The maximum Gasteiger partial charge on any atom is 0.508 e. The minimum atomic E-state index is -1.02. The van der Waals surface area contributed by atoms with E-state index in [2.05, 4.69) is 20.4 Å². The summed E-state index contributed by atoms with van der Waals surface area (Å²) in [4.78, 5) is 60.6. The number of allylic oxidation sites excluding steroid dienone is 1. The van der Waals surface area contributed by atoms with Crippen LogP contribution >= 0.6 is 23.1 Å². The van der Waals surface area contributed by atoms with Gasteiger partial charge in [-0.3, -0.25) is 19.5 Å². The maximum atomic E-state index is 13.3. The van der Waals surface area contributed by atoms with E-state index < -0.39 is 41.1 Å². The molecule has 1 fully saturated rings. The zero-order valence-corrected chi connectivity index (χ0v) is 25.9. The highest BCUT2D eigenvalue weighted by Gasteiger charge is 2.54. The van der Waals surface area contributed by atoms with Gasteiger partial charge in [-0.2, -0.15) is 0 Å². The third-order valence-corrected chi connectivity index (χ3v) is 8.30. The monoisotopic (exact) mass is 644 g/mol. The number of anilines is 1. The van der Waals surface area contributed by atoms with Crippen molar-refractivity contribution >= 4 is 64.0 Å². The van der Waals surface area contributed by atoms with Crippen LogP contribution in [0.4, 0.5) is 9.93 Å². The molecule has 2 aromatic heterocycles. The number of amides is 2. The van der Waals surface area contributed by atoms with Gasteiger partial charge in [-0.15, -0.1) is 23.1 Å². The van der Waals surface area contributed by atoms with Gasteiger partial charge in [0, 0.05) is 23.5 Å². The number of thiazole rings is 1. The molecule has 2 atom stereocenters. The van der Waals surface area contributed by atoms with E-state index in [1.165, 1.54) is 22.0 Å². The fourth-order valence-electron chi connectivity index (χ4n) is 4.06. The molecule has 4 rings (SSSR count). The summed E-state index contributed by atoms with van der Waals surface area (Å²) in [5.74, 6) is -1.90. The Labute approximate surface area is 261 Å². The van der Waals surface area contributed by atoms with E-state index in [-0.39, 0.29) is 41.8 Å². The molecule has 16 heteroatoms. The summed E-state index contributed by atoms with van der Waals surface area (Å²) in [6.45, 7) is 5.72. The molecule has 234 valence electrons. The first-order valence-corrected chi connectivity index (χ1v) is 15.4. The SMILES string of the molecule is CC(C)(C)CCOC(=O)OCCOC(=O)C1=C(/C=C\c2cccnc2)CS[C@H]2[C@H](NC(=O)C(=NO)c3csc(N)n3)C(=O)N12. The molecule has 4 heterocycles. The van der Waals surface area contributed by atoms with Crippen molar-refractivity contribution < 1.29 is 38.6 Å². The minimum absolute atomic E-state index is 0.000432. The lowest BCUT2D eigenvalue weighted by Crippen LogP contribution is -2.71. The summed E-state index contributed by atoms with van der Waals surface area (Å²) in [7, 11) is 0. The third-order valence-electron chi connectivity index (χ3n) is 6.33. The number of nitrogen functional groups attached to an aromatic ring is 1. The molecule has 14 nitrogen and oxygen atoms in total. The Morgan fingerprint density at radius 1 is 1.20 bits per heavy atom. The largest absolute Gasteiger partial charge is 0.508 e. The van der Waals surface area contributed by atoms with Gasteiger partial charge in [-0.1, -0.05) is 44.1 Å². The predicted molar refractivity (Wildman–Crippen MR) is 163 cm³/mol. The van der Waals surface area contributed by atoms with Crippen LogP contribution in [0.1, 0.15) is 38.4 Å². The normalized spacial score (nSPS) is 18.5. The van der Waals surface area contributed by atoms with Crippen LogP contribution in [0.15, 0.2) is 52.4 Å². The molecule has 0 saturated carbocycles. The lowest BCUT2D eigenvalue weighted by Gasteiger charge is -2.49. The number of rotatable bonds is 11. The van der Waals surface area contributed by atoms with E-state index in [4.69, 9.17) is 19.9 Å². The van der Waals surface area contributed by atoms with Crippen molar-refractivity contribution in [2.75, 3.05) is 31.3 Å². The molecule has 0 radical (unpaired) electrons. The van der Waals surface area contributed by atoms with Crippen molar-refractivity contribution in [2.45, 2.75) is 38.6 Å². The quantitative estimate of drug-likeness (QED) is 0.0809. The number of nitrogens with zero attached hydrogens (tertiary/aromatic N) is 4. The van der Waals surface area contributed by atoms with Gasteiger partial charge in [0.25, 0.3) is 11.8 Å². The molecular formula is C28H32N6O8S2. The molecular weight excluding hydrogens is 612 g/mol. The van der Waals surface area contributed by atoms with Gasteiger partial charge in [0.15, 0.2) is 10.8 Å².